The number of hydrogen-bond donors (Lipinski definition) is 2. The van der Waals surface area contributed by atoms with E-state index in [2.05, 4.69) is 15.3 Å². The van der Waals surface area contributed by atoms with E-state index in [1.807, 2.05) is 6.07 Å². The van der Waals surface area contributed by atoms with Crippen LogP contribution in [-0.4, -0.2) is 39.6 Å². The summed E-state index contributed by atoms with van der Waals surface area (Å²) < 4.78 is 6.11. The van der Waals surface area contributed by atoms with Gasteiger partial charge in [0.15, 0.2) is 0 Å². The first-order valence-corrected chi connectivity index (χ1v) is 13.8. The minimum atomic E-state index is -1.63. The van der Waals surface area contributed by atoms with E-state index in [-0.39, 0.29) is 25.0 Å². The van der Waals surface area contributed by atoms with Crippen LogP contribution in [0.2, 0.25) is 15.1 Å². The summed E-state index contributed by atoms with van der Waals surface area (Å²) in [7, 11) is 0. The quantitative estimate of drug-likeness (QED) is 0.266. The topological polar surface area (TPSA) is 105 Å². The fourth-order valence-electron chi connectivity index (χ4n) is 5.13. The van der Waals surface area contributed by atoms with Crippen molar-refractivity contribution in [1.29, 1.82) is 0 Å². The zero-order valence-corrected chi connectivity index (χ0v) is 24.3. The highest BCUT2D eigenvalue weighted by molar-refractivity contribution is 6.36. The molecule has 1 amide bonds. The van der Waals surface area contributed by atoms with Gasteiger partial charge in [0.2, 0.25) is 12.0 Å². The molecule has 8 nitrogen and oxygen atoms in total. The van der Waals surface area contributed by atoms with Gasteiger partial charge >= 0.3 is 12.0 Å². The maximum Gasteiger partial charge on any atom is 0.347 e. The summed E-state index contributed by atoms with van der Waals surface area (Å²) in [6.45, 7) is 3.32. The van der Waals surface area contributed by atoms with Crippen LogP contribution in [0.4, 0.5) is 5.69 Å². The number of nitrogens with one attached hydrogen (secondary N) is 1. The fraction of sp³-hybridized carbons (Fsp3) is 0.200. The summed E-state index contributed by atoms with van der Waals surface area (Å²) in [4.78, 5) is 37.1. The van der Waals surface area contributed by atoms with Gasteiger partial charge in [-0.25, -0.2) is 14.8 Å². The molecule has 1 aliphatic rings. The summed E-state index contributed by atoms with van der Waals surface area (Å²) in [5.41, 5.74) is 1.52. The Hall–Kier alpha value is -3.69. The summed E-state index contributed by atoms with van der Waals surface area (Å²) in [5.74, 6) is -1.64. The largest absolute Gasteiger partial charge is 0.478 e. The van der Waals surface area contributed by atoms with Gasteiger partial charge in [0.25, 0.3) is 0 Å². The lowest BCUT2D eigenvalue weighted by Crippen LogP contribution is -2.58. The van der Waals surface area contributed by atoms with E-state index in [4.69, 9.17) is 39.5 Å². The second-order valence-electron chi connectivity index (χ2n) is 9.64. The average Bonchev–Trinajstić information content (AvgIpc) is 3.04. The number of benzene rings is 3. The number of fused-ring (bicyclic) bond motifs is 1. The zero-order valence-electron chi connectivity index (χ0n) is 22.1. The molecule has 210 valence electrons. The molecule has 11 heteroatoms. The molecule has 4 aromatic rings. The molecule has 5 rings (SSSR count). The van der Waals surface area contributed by atoms with Gasteiger partial charge in [0.1, 0.15) is 5.54 Å². The number of rotatable bonds is 7. The number of amides is 1. The number of aryl methyl sites for hydroxylation is 2. The van der Waals surface area contributed by atoms with Gasteiger partial charge in [0.05, 0.1) is 13.1 Å². The number of halogens is 3. The van der Waals surface area contributed by atoms with Crippen molar-refractivity contribution in [2.75, 3.05) is 11.4 Å². The van der Waals surface area contributed by atoms with Crippen LogP contribution in [0, 0.1) is 13.8 Å². The number of carbonyl (C=O) groups is 2. The molecular formula is C30H25Cl3N4O4. The van der Waals surface area contributed by atoms with E-state index in [1.165, 1.54) is 4.90 Å². The predicted octanol–water partition coefficient (Wildman–Crippen LogP) is 5.97. The van der Waals surface area contributed by atoms with Crippen molar-refractivity contribution < 1.29 is 19.4 Å². The molecule has 0 saturated heterocycles. The summed E-state index contributed by atoms with van der Waals surface area (Å²) >= 11 is 19.5. The number of aromatic nitrogens is 2. The van der Waals surface area contributed by atoms with Crippen LogP contribution in [0.3, 0.4) is 0 Å². The highest BCUT2D eigenvalue weighted by Gasteiger charge is 2.52. The standard InChI is InChI=1S/C30H25Cl3N4O4/c1-17-13-18(2)36-29(35-17)41-27(28(39)40)30(19-7-4-3-5-8-19)22-14-20(31)11-12-25(22)37(26(38)15-34-30)16-21-23(32)9-6-10-24(21)33/h3-14,27,34H,15-16H2,1-2H3,(H,39,40)/t27-,30+/m1/s1. The van der Waals surface area contributed by atoms with Crippen molar-refractivity contribution in [2.24, 2.45) is 0 Å². The molecule has 0 fully saturated rings. The van der Waals surface area contributed by atoms with Gasteiger partial charge in [-0.2, -0.15) is 0 Å². The van der Waals surface area contributed by atoms with E-state index in [1.54, 1.807) is 80.6 Å². The van der Waals surface area contributed by atoms with Gasteiger partial charge in [-0.1, -0.05) is 71.2 Å². The van der Waals surface area contributed by atoms with Crippen molar-refractivity contribution in [3.63, 3.8) is 0 Å². The molecule has 2 heterocycles. The number of anilines is 1. The normalized spacial score (nSPS) is 17.5. The molecule has 0 saturated carbocycles. The van der Waals surface area contributed by atoms with Gasteiger partial charge < -0.3 is 14.7 Å². The Labute approximate surface area is 251 Å². The van der Waals surface area contributed by atoms with Crippen LogP contribution in [-0.2, 0) is 21.7 Å². The number of carboxylic acids is 1. The Balaban J connectivity index is 1.76. The third-order valence-corrected chi connectivity index (χ3v) is 7.85. The molecule has 1 aromatic heterocycles. The van der Waals surface area contributed by atoms with Gasteiger partial charge in [-0.3, -0.25) is 10.1 Å². The molecule has 3 aromatic carbocycles. The lowest BCUT2D eigenvalue weighted by molar-refractivity contribution is -0.149. The first kappa shape index (κ1) is 28.8. The lowest BCUT2D eigenvalue weighted by Gasteiger charge is -2.39. The number of nitrogens with zero attached hydrogens (tertiary/aromatic N) is 3. The van der Waals surface area contributed by atoms with Gasteiger partial charge in [0, 0.05) is 43.3 Å². The lowest BCUT2D eigenvalue weighted by atomic mass is 9.77. The smallest absolute Gasteiger partial charge is 0.347 e. The molecule has 2 N–H and O–H groups in total. The molecule has 0 spiro atoms. The second kappa shape index (κ2) is 11.7. The Morgan fingerprint density at radius 2 is 1.66 bits per heavy atom. The molecule has 2 atom stereocenters. The van der Waals surface area contributed by atoms with E-state index in [9.17, 15) is 14.7 Å². The predicted molar refractivity (Wildman–Crippen MR) is 158 cm³/mol. The molecule has 41 heavy (non-hydrogen) atoms. The summed E-state index contributed by atoms with van der Waals surface area (Å²) in [6, 6.07) is 20.6. The maximum absolute atomic E-state index is 13.8. The molecule has 0 bridgehead atoms. The SMILES string of the molecule is Cc1cc(C)nc(O[C@H](C(=O)O)[C@@]2(c3ccccc3)NCC(=O)N(Cc3c(Cl)cccc3Cl)c3ccc(Cl)cc32)n1. The Kier molecular flexibility index (Phi) is 8.20. The summed E-state index contributed by atoms with van der Waals surface area (Å²) in [6.07, 6.45) is -1.63. The zero-order chi connectivity index (χ0) is 29.3. The van der Waals surface area contributed by atoms with Crippen molar-refractivity contribution in [2.45, 2.75) is 32.0 Å². The Morgan fingerprint density at radius 3 is 2.29 bits per heavy atom. The highest BCUT2D eigenvalue weighted by atomic mass is 35.5. The second-order valence-corrected chi connectivity index (χ2v) is 10.9. The molecule has 1 aliphatic heterocycles. The molecule has 0 aliphatic carbocycles. The minimum absolute atomic E-state index is 0.0390. The Morgan fingerprint density at radius 1 is 1.00 bits per heavy atom. The maximum atomic E-state index is 13.8. The summed E-state index contributed by atoms with van der Waals surface area (Å²) in [5, 5.41) is 15.1. The molecule has 0 unspecified atom stereocenters. The van der Waals surface area contributed by atoms with Crippen LogP contribution in [0.5, 0.6) is 6.01 Å². The Bertz CT molecular complexity index is 1600. The van der Waals surface area contributed by atoms with Crippen molar-refractivity contribution in [1.82, 2.24) is 15.3 Å². The molecule has 0 radical (unpaired) electrons. The monoisotopic (exact) mass is 610 g/mol. The number of hydrogen-bond acceptors (Lipinski definition) is 6. The van der Waals surface area contributed by atoms with Crippen molar-refractivity contribution in [3.8, 4) is 6.01 Å². The number of carboxylic acid groups (broad SMARTS) is 1. The van der Waals surface area contributed by atoms with Crippen LogP contribution in [0.1, 0.15) is 28.1 Å². The number of ether oxygens (including phenoxy) is 1. The number of carbonyl (C=O) groups excluding carboxylic acids is 1. The van der Waals surface area contributed by atoms with Crippen LogP contribution in [0.15, 0.2) is 72.8 Å². The first-order chi connectivity index (χ1) is 19.6. The third-order valence-electron chi connectivity index (χ3n) is 6.90. The third kappa shape index (κ3) is 5.61. The van der Waals surface area contributed by atoms with Crippen molar-refractivity contribution in [3.05, 3.63) is 116 Å². The van der Waals surface area contributed by atoms with Crippen LogP contribution >= 0.6 is 34.8 Å². The van der Waals surface area contributed by atoms with E-state index >= 15 is 0 Å². The molecular weight excluding hydrogens is 587 g/mol. The highest BCUT2D eigenvalue weighted by Crippen LogP contribution is 2.44. The number of aliphatic carboxylic acids is 1. The first-order valence-electron chi connectivity index (χ1n) is 12.7. The van der Waals surface area contributed by atoms with Gasteiger partial charge in [-0.15, -0.1) is 0 Å². The minimum Gasteiger partial charge on any atom is -0.478 e. The van der Waals surface area contributed by atoms with E-state index < -0.39 is 17.6 Å². The van der Waals surface area contributed by atoms with Crippen LogP contribution < -0.4 is 15.0 Å². The van der Waals surface area contributed by atoms with Gasteiger partial charge in [-0.05, 0) is 55.8 Å². The van der Waals surface area contributed by atoms with E-state index in [0.717, 1.165) is 0 Å². The van der Waals surface area contributed by atoms with Crippen molar-refractivity contribution >= 4 is 52.4 Å². The average molecular weight is 612 g/mol. The van der Waals surface area contributed by atoms with E-state index in [0.29, 0.717) is 48.8 Å². The fourth-order valence-corrected chi connectivity index (χ4v) is 5.82. The van der Waals surface area contributed by atoms with Crippen LogP contribution in [0.25, 0.3) is 0 Å².